The molecule has 2 aromatic rings. The topological polar surface area (TPSA) is 41.5 Å². The Hall–Kier alpha value is -1.87. The second kappa shape index (κ2) is 5.85. The molecule has 2 aromatic carbocycles. The minimum Gasteiger partial charge on any atom is -0.504 e. The fourth-order valence-corrected chi connectivity index (χ4v) is 1.93. The van der Waals surface area contributed by atoms with E-state index in [0.29, 0.717) is 12.3 Å². The Morgan fingerprint density at radius 3 is 2.63 bits per heavy atom. The lowest BCUT2D eigenvalue weighted by Crippen LogP contribution is -1.99. The molecule has 0 radical (unpaired) electrons. The summed E-state index contributed by atoms with van der Waals surface area (Å²) < 4.78 is 5.00. The summed E-state index contributed by atoms with van der Waals surface area (Å²) in [7, 11) is 1.53. The first-order chi connectivity index (χ1) is 9.10. The van der Waals surface area contributed by atoms with Crippen molar-refractivity contribution in [2.24, 2.45) is 0 Å². The molecule has 0 bridgehead atoms. The fourth-order valence-electron chi connectivity index (χ4n) is 1.75. The second-order valence-corrected chi connectivity index (χ2v) is 4.73. The molecule has 0 aromatic heterocycles. The number of anilines is 1. The van der Waals surface area contributed by atoms with Gasteiger partial charge >= 0.3 is 0 Å². The molecule has 0 atom stereocenters. The number of phenols is 1. The Morgan fingerprint density at radius 2 is 2.00 bits per heavy atom. The maximum absolute atomic E-state index is 9.70. The van der Waals surface area contributed by atoms with E-state index in [9.17, 15) is 5.11 Å². The van der Waals surface area contributed by atoms with Crippen LogP contribution in [0.25, 0.3) is 0 Å². The van der Waals surface area contributed by atoms with E-state index in [-0.39, 0.29) is 5.75 Å². The number of hydrogen-bond acceptors (Lipinski definition) is 3. The maximum Gasteiger partial charge on any atom is 0.160 e. The number of aromatic hydroxyl groups is 1. The quantitative estimate of drug-likeness (QED) is 0.888. The van der Waals surface area contributed by atoms with E-state index in [1.807, 2.05) is 31.2 Å². The zero-order valence-electron chi connectivity index (χ0n) is 10.9. The van der Waals surface area contributed by atoms with Gasteiger partial charge < -0.3 is 15.2 Å². The van der Waals surface area contributed by atoms with Crippen molar-refractivity contribution in [1.29, 1.82) is 0 Å². The number of phenolic OH excluding ortho intramolecular Hbond substituents is 1. The van der Waals surface area contributed by atoms with E-state index in [1.54, 1.807) is 12.1 Å². The smallest absolute Gasteiger partial charge is 0.160 e. The van der Waals surface area contributed by atoms with Crippen LogP contribution in [-0.4, -0.2) is 12.2 Å². The van der Waals surface area contributed by atoms with Gasteiger partial charge in [-0.25, -0.2) is 0 Å². The summed E-state index contributed by atoms with van der Waals surface area (Å²) >= 11 is 6.06. The van der Waals surface area contributed by atoms with Crippen LogP contribution in [-0.2, 0) is 6.54 Å². The van der Waals surface area contributed by atoms with Crippen LogP contribution in [0.3, 0.4) is 0 Å². The molecule has 3 nitrogen and oxygen atoms in total. The molecule has 100 valence electrons. The highest BCUT2D eigenvalue weighted by molar-refractivity contribution is 6.31. The Kier molecular flexibility index (Phi) is 4.17. The molecule has 0 aliphatic heterocycles. The van der Waals surface area contributed by atoms with Gasteiger partial charge in [0.1, 0.15) is 0 Å². The molecular formula is C15H16ClNO2. The number of benzene rings is 2. The first kappa shape index (κ1) is 13.6. The Morgan fingerprint density at radius 1 is 1.21 bits per heavy atom. The summed E-state index contributed by atoms with van der Waals surface area (Å²) in [6.07, 6.45) is 0. The van der Waals surface area contributed by atoms with Gasteiger partial charge in [-0.05, 0) is 42.3 Å². The van der Waals surface area contributed by atoms with Crippen molar-refractivity contribution in [3.05, 3.63) is 52.5 Å². The predicted molar refractivity (Wildman–Crippen MR) is 78.2 cm³/mol. The molecule has 0 spiro atoms. The van der Waals surface area contributed by atoms with Gasteiger partial charge in [0, 0.05) is 17.3 Å². The van der Waals surface area contributed by atoms with E-state index in [1.165, 1.54) is 7.11 Å². The average molecular weight is 278 g/mol. The largest absolute Gasteiger partial charge is 0.504 e. The van der Waals surface area contributed by atoms with Crippen LogP contribution < -0.4 is 10.1 Å². The Balaban J connectivity index is 2.05. The standard InChI is InChI=1S/C15H16ClNO2/c1-10-3-5-12(8-13(10)16)17-9-11-4-6-15(19-2)14(18)7-11/h3-8,17-18H,9H2,1-2H3. The van der Waals surface area contributed by atoms with Gasteiger partial charge in [0.25, 0.3) is 0 Å². The molecule has 0 saturated heterocycles. The van der Waals surface area contributed by atoms with Crippen molar-refractivity contribution >= 4 is 17.3 Å². The predicted octanol–water partition coefficient (Wildman–Crippen LogP) is 3.97. The highest BCUT2D eigenvalue weighted by Gasteiger charge is 2.03. The van der Waals surface area contributed by atoms with Gasteiger partial charge in [-0.3, -0.25) is 0 Å². The van der Waals surface area contributed by atoms with Gasteiger partial charge in [-0.15, -0.1) is 0 Å². The molecular weight excluding hydrogens is 262 g/mol. The SMILES string of the molecule is COc1ccc(CNc2ccc(C)c(Cl)c2)cc1O. The summed E-state index contributed by atoms with van der Waals surface area (Å²) in [5.41, 5.74) is 2.97. The van der Waals surface area contributed by atoms with Crippen LogP contribution >= 0.6 is 11.6 Å². The second-order valence-electron chi connectivity index (χ2n) is 4.32. The van der Waals surface area contributed by atoms with Gasteiger partial charge in [-0.2, -0.15) is 0 Å². The number of ether oxygens (including phenoxy) is 1. The van der Waals surface area contributed by atoms with E-state index < -0.39 is 0 Å². The molecule has 0 aliphatic rings. The zero-order chi connectivity index (χ0) is 13.8. The van der Waals surface area contributed by atoms with E-state index in [0.717, 1.165) is 21.8 Å². The number of rotatable bonds is 4. The molecule has 0 fully saturated rings. The van der Waals surface area contributed by atoms with Crippen molar-refractivity contribution in [1.82, 2.24) is 0 Å². The minimum absolute atomic E-state index is 0.142. The zero-order valence-corrected chi connectivity index (χ0v) is 11.7. The first-order valence-electron chi connectivity index (χ1n) is 5.96. The van der Waals surface area contributed by atoms with Crippen molar-refractivity contribution < 1.29 is 9.84 Å². The summed E-state index contributed by atoms with van der Waals surface area (Å²) in [4.78, 5) is 0. The molecule has 2 N–H and O–H groups in total. The molecule has 0 saturated carbocycles. The van der Waals surface area contributed by atoms with Crippen LogP contribution in [0, 0.1) is 6.92 Å². The van der Waals surface area contributed by atoms with Gasteiger partial charge in [0.2, 0.25) is 0 Å². The van der Waals surface area contributed by atoms with Crippen molar-refractivity contribution in [3.63, 3.8) is 0 Å². The number of hydrogen-bond donors (Lipinski definition) is 2. The number of methoxy groups -OCH3 is 1. The molecule has 0 heterocycles. The third-order valence-corrected chi connectivity index (χ3v) is 3.32. The normalized spacial score (nSPS) is 10.3. The molecule has 4 heteroatoms. The molecule has 2 rings (SSSR count). The Bertz CT molecular complexity index is 584. The van der Waals surface area contributed by atoms with Gasteiger partial charge in [0.05, 0.1) is 7.11 Å². The summed E-state index contributed by atoms with van der Waals surface area (Å²) in [6.45, 7) is 2.57. The maximum atomic E-state index is 9.70. The van der Waals surface area contributed by atoms with Crippen LogP contribution in [0.4, 0.5) is 5.69 Å². The fraction of sp³-hybridized carbons (Fsp3) is 0.200. The minimum atomic E-state index is 0.142. The van der Waals surface area contributed by atoms with Crippen molar-refractivity contribution in [3.8, 4) is 11.5 Å². The Labute approximate surface area is 117 Å². The average Bonchev–Trinajstić information content (AvgIpc) is 2.40. The van der Waals surface area contributed by atoms with Crippen LogP contribution in [0.1, 0.15) is 11.1 Å². The highest BCUT2D eigenvalue weighted by Crippen LogP contribution is 2.27. The number of nitrogens with one attached hydrogen (secondary N) is 1. The van der Waals surface area contributed by atoms with Crippen LogP contribution in [0.15, 0.2) is 36.4 Å². The lowest BCUT2D eigenvalue weighted by Gasteiger charge is -2.09. The van der Waals surface area contributed by atoms with Crippen LogP contribution in [0.5, 0.6) is 11.5 Å². The highest BCUT2D eigenvalue weighted by atomic mass is 35.5. The van der Waals surface area contributed by atoms with Gasteiger partial charge in [-0.1, -0.05) is 23.7 Å². The third kappa shape index (κ3) is 3.32. The van der Waals surface area contributed by atoms with E-state index in [4.69, 9.17) is 16.3 Å². The third-order valence-electron chi connectivity index (χ3n) is 2.91. The van der Waals surface area contributed by atoms with Crippen LogP contribution in [0.2, 0.25) is 5.02 Å². The van der Waals surface area contributed by atoms with Crippen molar-refractivity contribution in [2.45, 2.75) is 13.5 Å². The summed E-state index contributed by atoms with van der Waals surface area (Å²) in [5.74, 6) is 0.617. The lowest BCUT2D eigenvalue weighted by molar-refractivity contribution is 0.373. The van der Waals surface area contributed by atoms with E-state index >= 15 is 0 Å². The number of halogens is 1. The lowest BCUT2D eigenvalue weighted by atomic mass is 10.2. The molecule has 0 aliphatic carbocycles. The molecule has 0 unspecified atom stereocenters. The van der Waals surface area contributed by atoms with Crippen molar-refractivity contribution in [2.75, 3.05) is 12.4 Å². The van der Waals surface area contributed by atoms with Gasteiger partial charge in [0.15, 0.2) is 11.5 Å². The summed E-state index contributed by atoms with van der Waals surface area (Å²) in [6, 6.07) is 11.2. The molecule has 0 amide bonds. The van der Waals surface area contributed by atoms with E-state index in [2.05, 4.69) is 5.32 Å². The number of aryl methyl sites for hydroxylation is 1. The molecule has 19 heavy (non-hydrogen) atoms. The first-order valence-corrected chi connectivity index (χ1v) is 6.34. The summed E-state index contributed by atoms with van der Waals surface area (Å²) in [5, 5.41) is 13.7. The monoisotopic (exact) mass is 277 g/mol.